The molecule has 1 heterocycles. The minimum absolute atomic E-state index is 0.125. The first kappa shape index (κ1) is 22.6. The molecule has 0 aromatic heterocycles. The fraction of sp³-hybridized carbons (Fsp3) is 0.417. The number of halogens is 1. The largest absolute Gasteiger partial charge is 0.454 e. The second-order valence-electron chi connectivity index (χ2n) is 7.55. The van der Waals surface area contributed by atoms with Crippen LogP contribution in [0.4, 0.5) is 4.39 Å². The predicted molar refractivity (Wildman–Crippen MR) is 115 cm³/mol. The summed E-state index contributed by atoms with van der Waals surface area (Å²) >= 11 is 0. The Kier molecular flexibility index (Phi) is 7.87. The van der Waals surface area contributed by atoms with Gasteiger partial charge in [-0.05, 0) is 54.7 Å². The maximum absolute atomic E-state index is 13.3. The lowest BCUT2D eigenvalue weighted by atomic mass is 10.1. The average molecular weight is 429 g/mol. The molecule has 1 N–H and O–H groups in total. The van der Waals surface area contributed by atoms with Crippen LogP contribution in [0.1, 0.15) is 44.2 Å². The first-order valence-corrected chi connectivity index (χ1v) is 10.7. The van der Waals surface area contributed by atoms with Gasteiger partial charge in [0.05, 0.1) is 0 Å². The van der Waals surface area contributed by atoms with Crippen molar-refractivity contribution in [1.82, 2.24) is 10.2 Å². The van der Waals surface area contributed by atoms with E-state index in [9.17, 15) is 14.0 Å². The first-order valence-electron chi connectivity index (χ1n) is 10.7. The number of nitrogens with one attached hydrogen (secondary N) is 1. The monoisotopic (exact) mass is 428 g/mol. The van der Waals surface area contributed by atoms with Crippen LogP contribution in [0.25, 0.3) is 0 Å². The number of hydrogen-bond acceptors (Lipinski definition) is 4. The standard InChI is InChI=1S/C24H29FN2O4/c1-3-13-26-24(29)20(4-2)27(15-18-5-9-19(25)10-6-18)23(28)12-8-17-7-11-21-22(14-17)31-16-30-21/h5-7,9-11,14,20H,3-4,8,12-13,15-16H2,1-2H3,(H,26,29). The Labute approximate surface area is 182 Å². The minimum atomic E-state index is -0.583. The Morgan fingerprint density at radius 1 is 1.06 bits per heavy atom. The zero-order valence-electron chi connectivity index (χ0n) is 18.0. The van der Waals surface area contributed by atoms with Crippen molar-refractivity contribution in [2.45, 2.75) is 52.1 Å². The van der Waals surface area contributed by atoms with Gasteiger partial charge in [-0.15, -0.1) is 0 Å². The fourth-order valence-electron chi connectivity index (χ4n) is 3.56. The van der Waals surface area contributed by atoms with Gasteiger partial charge < -0.3 is 19.7 Å². The number of benzene rings is 2. The van der Waals surface area contributed by atoms with Gasteiger partial charge in [-0.2, -0.15) is 0 Å². The van der Waals surface area contributed by atoms with Crippen LogP contribution in [0, 0.1) is 5.82 Å². The number of fused-ring (bicyclic) bond motifs is 1. The summed E-state index contributed by atoms with van der Waals surface area (Å²) in [6.07, 6.45) is 2.07. The second kappa shape index (κ2) is 10.8. The number of hydrogen-bond donors (Lipinski definition) is 1. The number of ether oxygens (including phenoxy) is 2. The number of rotatable bonds is 10. The molecule has 3 rings (SSSR count). The summed E-state index contributed by atoms with van der Waals surface area (Å²) in [5.41, 5.74) is 1.74. The molecule has 1 unspecified atom stereocenters. The fourth-order valence-corrected chi connectivity index (χ4v) is 3.56. The topological polar surface area (TPSA) is 67.9 Å². The van der Waals surface area contributed by atoms with Gasteiger partial charge >= 0.3 is 0 Å². The third-order valence-corrected chi connectivity index (χ3v) is 5.27. The summed E-state index contributed by atoms with van der Waals surface area (Å²) in [6.45, 7) is 4.88. The molecule has 1 atom stereocenters. The molecule has 1 aliphatic heterocycles. The third kappa shape index (κ3) is 5.96. The number of aryl methyl sites for hydroxylation is 1. The highest BCUT2D eigenvalue weighted by atomic mass is 19.1. The maximum Gasteiger partial charge on any atom is 0.242 e. The van der Waals surface area contributed by atoms with E-state index in [0.29, 0.717) is 30.9 Å². The van der Waals surface area contributed by atoms with Gasteiger partial charge in [0, 0.05) is 19.5 Å². The van der Waals surface area contributed by atoms with Crippen LogP contribution >= 0.6 is 0 Å². The lowest BCUT2D eigenvalue weighted by Gasteiger charge is -2.30. The van der Waals surface area contributed by atoms with Gasteiger partial charge in [0.2, 0.25) is 18.6 Å². The van der Waals surface area contributed by atoms with Crippen LogP contribution in [0.15, 0.2) is 42.5 Å². The van der Waals surface area contributed by atoms with Crippen LogP contribution in [0.3, 0.4) is 0 Å². The highest BCUT2D eigenvalue weighted by molar-refractivity contribution is 5.87. The highest BCUT2D eigenvalue weighted by Crippen LogP contribution is 2.32. The van der Waals surface area contributed by atoms with E-state index in [0.717, 1.165) is 17.5 Å². The van der Waals surface area contributed by atoms with E-state index in [4.69, 9.17) is 9.47 Å². The molecule has 2 amide bonds. The number of carbonyl (C=O) groups excluding carboxylic acids is 2. The van der Waals surface area contributed by atoms with E-state index in [1.165, 1.54) is 12.1 Å². The summed E-state index contributed by atoms with van der Waals surface area (Å²) in [6, 6.07) is 11.1. The maximum atomic E-state index is 13.3. The molecule has 0 bridgehead atoms. The van der Waals surface area contributed by atoms with Crippen LogP contribution < -0.4 is 14.8 Å². The minimum Gasteiger partial charge on any atom is -0.454 e. The lowest BCUT2D eigenvalue weighted by Crippen LogP contribution is -2.49. The number of carbonyl (C=O) groups is 2. The normalized spacial score (nSPS) is 13.0. The number of nitrogens with zero attached hydrogens (tertiary/aromatic N) is 1. The first-order chi connectivity index (χ1) is 15.0. The Bertz CT molecular complexity index is 901. The lowest BCUT2D eigenvalue weighted by molar-refractivity contribution is -0.141. The molecule has 2 aromatic rings. The Morgan fingerprint density at radius 3 is 2.48 bits per heavy atom. The van der Waals surface area contributed by atoms with E-state index < -0.39 is 6.04 Å². The smallest absolute Gasteiger partial charge is 0.242 e. The molecular formula is C24H29FN2O4. The van der Waals surface area contributed by atoms with E-state index >= 15 is 0 Å². The molecule has 0 radical (unpaired) electrons. The third-order valence-electron chi connectivity index (χ3n) is 5.27. The quantitative estimate of drug-likeness (QED) is 0.625. The Morgan fingerprint density at radius 2 is 1.77 bits per heavy atom. The van der Waals surface area contributed by atoms with Gasteiger partial charge in [0.25, 0.3) is 0 Å². The molecule has 31 heavy (non-hydrogen) atoms. The summed E-state index contributed by atoms with van der Waals surface area (Å²) in [7, 11) is 0. The van der Waals surface area contributed by atoms with Crippen molar-refractivity contribution in [1.29, 1.82) is 0 Å². The molecule has 166 valence electrons. The van der Waals surface area contributed by atoms with E-state index in [-0.39, 0.29) is 37.4 Å². The van der Waals surface area contributed by atoms with Crippen LogP contribution in [-0.4, -0.2) is 36.1 Å². The van der Waals surface area contributed by atoms with Crippen LogP contribution in [0.5, 0.6) is 11.5 Å². The van der Waals surface area contributed by atoms with Crippen molar-refractivity contribution in [3.05, 3.63) is 59.4 Å². The molecule has 0 aliphatic carbocycles. The Balaban J connectivity index is 1.73. The second-order valence-corrected chi connectivity index (χ2v) is 7.55. The number of amides is 2. The molecule has 7 heteroatoms. The van der Waals surface area contributed by atoms with Gasteiger partial charge in [-0.25, -0.2) is 4.39 Å². The summed E-state index contributed by atoms with van der Waals surface area (Å²) in [5.74, 6) is 0.755. The van der Waals surface area contributed by atoms with Gasteiger partial charge in [0.1, 0.15) is 11.9 Å². The van der Waals surface area contributed by atoms with Crippen LogP contribution in [0.2, 0.25) is 0 Å². The van der Waals surface area contributed by atoms with Gasteiger partial charge in [-0.3, -0.25) is 9.59 Å². The van der Waals surface area contributed by atoms with Crippen LogP contribution in [-0.2, 0) is 22.6 Å². The van der Waals surface area contributed by atoms with Crippen molar-refractivity contribution in [2.75, 3.05) is 13.3 Å². The van der Waals surface area contributed by atoms with Crippen molar-refractivity contribution < 1.29 is 23.5 Å². The molecule has 6 nitrogen and oxygen atoms in total. The summed E-state index contributed by atoms with van der Waals surface area (Å²) < 4.78 is 24.0. The van der Waals surface area contributed by atoms with E-state index in [1.54, 1.807) is 17.0 Å². The molecule has 0 saturated carbocycles. The molecule has 0 fully saturated rings. The van der Waals surface area contributed by atoms with Gasteiger partial charge in [0.15, 0.2) is 11.5 Å². The van der Waals surface area contributed by atoms with Crippen molar-refractivity contribution in [3.63, 3.8) is 0 Å². The van der Waals surface area contributed by atoms with E-state index in [2.05, 4.69) is 5.32 Å². The summed E-state index contributed by atoms with van der Waals surface area (Å²) in [5, 5.41) is 2.89. The summed E-state index contributed by atoms with van der Waals surface area (Å²) in [4.78, 5) is 27.5. The highest BCUT2D eigenvalue weighted by Gasteiger charge is 2.28. The zero-order chi connectivity index (χ0) is 22.2. The van der Waals surface area contributed by atoms with E-state index in [1.807, 2.05) is 32.0 Å². The van der Waals surface area contributed by atoms with Crippen molar-refractivity contribution in [2.24, 2.45) is 0 Å². The molecule has 1 aliphatic rings. The molecular weight excluding hydrogens is 399 g/mol. The molecule has 0 saturated heterocycles. The van der Waals surface area contributed by atoms with Crippen molar-refractivity contribution >= 4 is 11.8 Å². The predicted octanol–water partition coefficient (Wildman–Crippen LogP) is 3.82. The van der Waals surface area contributed by atoms with Gasteiger partial charge in [-0.1, -0.05) is 32.0 Å². The SMILES string of the molecule is CCCNC(=O)C(CC)N(Cc1ccc(F)cc1)C(=O)CCc1ccc2c(c1)OCO2. The average Bonchev–Trinajstić information content (AvgIpc) is 3.25. The van der Waals surface area contributed by atoms with Crippen molar-refractivity contribution in [3.8, 4) is 11.5 Å². The molecule has 0 spiro atoms. The Hall–Kier alpha value is -3.09. The zero-order valence-corrected chi connectivity index (χ0v) is 18.0. The molecule has 2 aromatic carbocycles.